The van der Waals surface area contributed by atoms with E-state index in [1.54, 1.807) is 12.1 Å². The van der Waals surface area contributed by atoms with E-state index in [2.05, 4.69) is 24.1 Å². The van der Waals surface area contributed by atoms with Crippen LogP contribution in [-0.4, -0.2) is 19.6 Å². The summed E-state index contributed by atoms with van der Waals surface area (Å²) in [7, 11) is 1.92. The highest BCUT2D eigenvalue weighted by Gasteiger charge is 2.26. The van der Waals surface area contributed by atoms with Crippen LogP contribution in [-0.2, 0) is 0 Å². The Kier molecular flexibility index (Phi) is 4.23. The van der Waals surface area contributed by atoms with Crippen LogP contribution in [0.3, 0.4) is 0 Å². The molecule has 1 N–H and O–H groups in total. The van der Waals surface area contributed by atoms with E-state index in [0.717, 1.165) is 18.5 Å². The first kappa shape index (κ1) is 13.3. The third-order valence-corrected chi connectivity index (χ3v) is 4.05. The monoisotopic (exact) mass is 250 g/mol. The van der Waals surface area contributed by atoms with Crippen molar-refractivity contribution in [3.63, 3.8) is 0 Å². The van der Waals surface area contributed by atoms with Gasteiger partial charge < -0.3 is 10.2 Å². The van der Waals surface area contributed by atoms with Crippen LogP contribution in [0, 0.1) is 5.82 Å². The number of anilines is 1. The average Bonchev–Trinajstić information content (AvgIpc) is 2.85. The molecule has 0 aromatic heterocycles. The van der Waals surface area contributed by atoms with Crippen LogP contribution in [0.2, 0.25) is 0 Å². The third kappa shape index (κ3) is 2.51. The van der Waals surface area contributed by atoms with Crippen LogP contribution in [0.25, 0.3) is 0 Å². The van der Waals surface area contributed by atoms with E-state index >= 15 is 0 Å². The van der Waals surface area contributed by atoms with E-state index in [9.17, 15) is 4.39 Å². The van der Waals surface area contributed by atoms with Crippen molar-refractivity contribution in [3.05, 3.63) is 29.6 Å². The van der Waals surface area contributed by atoms with Gasteiger partial charge in [0.1, 0.15) is 5.82 Å². The minimum atomic E-state index is -0.150. The fourth-order valence-corrected chi connectivity index (χ4v) is 2.87. The SMILES string of the molecule is CCC1CCCN1c1ccc(F)cc1C(C)NC. The van der Waals surface area contributed by atoms with Crippen LogP contribution < -0.4 is 10.2 Å². The van der Waals surface area contributed by atoms with Crippen molar-refractivity contribution in [3.8, 4) is 0 Å². The van der Waals surface area contributed by atoms with Gasteiger partial charge in [0.25, 0.3) is 0 Å². The Labute approximate surface area is 109 Å². The first-order valence-electron chi connectivity index (χ1n) is 6.90. The summed E-state index contributed by atoms with van der Waals surface area (Å²) in [6, 6.07) is 5.97. The van der Waals surface area contributed by atoms with Crippen LogP contribution in [0.15, 0.2) is 18.2 Å². The molecule has 0 saturated carbocycles. The number of nitrogens with zero attached hydrogens (tertiary/aromatic N) is 1. The van der Waals surface area contributed by atoms with E-state index in [0.29, 0.717) is 6.04 Å². The Bertz CT molecular complexity index is 405. The van der Waals surface area contributed by atoms with E-state index in [1.165, 1.54) is 18.5 Å². The highest BCUT2D eigenvalue weighted by Crippen LogP contribution is 2.33. The van der Waals surface area contributed by atoms with Crippen molar-refractivity contribution in [2.75, 3.05) is 18.5 Å². The van der Waals surface area contributed by atoms with Gasteiger partial charge in [0, 0.05) is 24.3 Å². The average molecular weight is 250 g/mol. The molecule has 3 heteroatoms. The predicted octanol–water partition coefficient (Wildman–Crippen LogP) is 3.48. The minimum Gasteiger partial charge on any atom is -0.368 e. The van der Waals surface area contributed by atoms with Gasteiger partial charge >= 0.3 is 0 Å². The van der Waals surface area contributed by atoms with Crippen LogP contribution in [0.1, 0.15) is 44.7 Å². The lowest BCUT2D eigenvalue weighted by Crippen LogP contribution is -2.30. The molecule has 2 rings (SSSR count). The van der Waals surface area contributed by atoms with E-state index in [4.69, 9.17) is 0 Å². The molecule has 0 amide bonds. The number of rotatable bonds is 4. The van der Waals surface area contributed by atoms with Gasteiger partial charge in [-0.15, -0.1) is 0 Å². The van der Waals surface area contributed by atoms with E-state index < -0.39 is 0 Å². The molecule has 100 valence electrons. The minimum absolute atomic E-state index is 0.150. The standard InChI is InChI=1S/C15H23FN2/c1-4-13-6-5-9-18(13)15-8-7-12(16)10-14(15)11(2)17-3/h7-8,10-11,13,17H,4-6,9H2,1-3H3. The van der Waals surface area contributed by atoms with Gasteiger partial charge in [-0.3, -0.25) is 0 Å². The summed E-state index contributed by atoms with van der Waals surface area (Å²) in [6.07, 6.45) is 3.65. The number of halogens is 1. The molecular weight excluding hydrogens is 227 g/mol. The maximum absolute atomic E-state index is 13.5. The fraction of sp³-hybridized carbons (Fsp3) is 0.600. The van der Waals surface area contributed by atoms with Gasteiger partial charge in [-0.2, -0.15) is 0 Å². The number of hydrogen-bond donors (Lipinski definition) is 1. The summed E-state index contributed by atoms with van der Waals surface area (Å²) in [5, 5.41) is 3.21. The largest absolute Gasteiger partial charge is 0.368 e. The summed E-state index contributed by atoms with van der Waals surface area (Å²) in [4.78, 5) is 2.45. The summed E-state index contributed by atoms with van der Waals surface area (Å²) in [5.74, 6) is -0.150. The molecule has 1 aromatic carbocycles. The Morgan fingerprint density at radius 3 is 2.94 bits per heavy atom. The van der Waals surface area contributed by atoms with Crippen molar-refractivity contribution in [1.82, 2.24) is 5.32 Å². The van der Waals surface area contributed by atoms with Gasteiger partial charge in [-0.1, -0.05) is 6.92 Å². The number of nitrogens with one attached hydrogen (secondary N) is 1. The first-order chi connectivity index (χ1) is 8.67. The Hall–Kier alpha value is -1.09. The predicted molar refractivity (Wildman–Crippen MR) is 74.5 cm³/mol. The molecule has 18 heavy (non-hydrogen) atoms. The van der Waals surface area contributed by atoms with Gasteiger partial charge in [0.15, 0.2) is 0 Å². The van der Waals surface area contributed by atoms with Crippen LogP contribution in [0.4, 0.5) is 10.1 Å². The maximum atomic E-state index is 13.5. The lowest BCUT2D eigenvalue weighted by Gasteiger charge is -2.30. The van der Waals surface area contributed by atoms with Gasteiger partial charge in [0.2, 0.25) is 0 Å². The van der Waals surface area contributed by atoms with Crippen LogP contribution in [0.5, 0.6) is 0 Å². The molecule has 1 heterocycles. The fourth-order valence-electron chi connectivity index (χ4n) is 2.87. The molecule has 0 aliphatic carbocycles. The van der Waals surface area contributed by atoms with Gasteiger partial charge in [0.05, 0.1) is 0 Å². The smallest absolute Gasteiger partial charge is 0.123 e. The van der Waals surface area contributed by atoms with Gasteiger partial charge in [-0.25, -0.2) is 4.39 Å². The number of hydrogen-bond acceptors (Lipinski definition) is 2. The summed E-state index contributed by atoms with van der Waals surface area (Å²) >= 11 is 0. The highest BCUT2D eigenvalue weighted by atomic mass is 19.1. The van der Waals surface area contributed by atoms with Crippen LogP contribution >= 0.6 is 0 Å². The normalized spacial score (nSPS) is 21.3. The zero-order valence-corrected chi connectivity index (χ0v) is 11.5. The molecule has 1 aliphatic heterocycles. The summed E-state index contributed by atoms with van der Waals surface area (Å²) in [5.41, 5.74) is 2.26. The Morgan fingerprint density at radius 2 is 2.28 bits per heavy atom. The lowest BCUT2D eigenvalue weighted by atomic mass is 10.0. The van der Waals surface area contributed by atoms with Crippen molar-refractivity contribution < 1.29 is 4.39 Å². The van der Waals surface area contributed by atoms with E-state index in [-0.39, 0.29) is 11.9 Å². The Morgan fingerprint density at radius 1 is 1.50 bits per heavy atom. The second-order valence-electron chi connectivity index (χ2n) is 5.11. The number of benzene rings is 1. The molecule has 0 spiro atoms. The van der Waals surface area contributed by atoms with E-state index in [1.807, 2.05) is 13.1 Å². The zero-order chi connectivity index (χ0) is 13.1. The summed E-state index contributed by atoms with van der Waals surface area (Å²) < 4.78 is 13.5. The highest BCUT2D eigenvalue weighted by molar-refractivity contribution is 5.56. The lowest BCUT2D eigenvalue weighted by molar-refractivity contribution is 0.599. The van der Waals surface area contributed by atoms with Crippen molar-refractivity contribution in [1.29, 1.82) is 0 Å². The molecule has 2 nitrogen and oxygen atoms in total. The molecule has 1 aliphatic rings. The molecule has 0 bridgehead atoms. The molecule has 1 saturated heterocycles. The van der Waals surface area contributed by atoms with Gasteiger partial charge in [-0.05, 0) is 57.0 Å². The molecular formula is C15H23FN2. The molecule has 2 unspecified atom stereocenters. The molecule has 1 aromatic rings. The quantitative estimate of drug-likeness (QED) is 0.880. The zero-order valence-electron chi connectivity index (χ0n) is 11.5. The second-order valence-corrected chi connectivity index (χ2v) is 5.11. The topological polar surface area (TPSA) is 15.3 Å². The molecule has 2 atom stereocenters. The first-order valence-corrected chi connectivity index (χ1v) is 6.90. The van der Waals surface area contributed by atoms with Crippen molar-refractivity contribution in [2.24, 2.45) is 0 Å². The molecule has 0 radical (unpaired) electrons. The third-order valence-electron chi connectivity index (χ3n) is 4.05. The second kappa shape index (κ2) is 5.70. The van der Waals surface area contributed by atoms with Crippen molar-refractivity contribution >= 4 is 5.69 Å². The van der Waals surface area contributed by atoms with Crippen molar-refractivity contribution in [2.45, 2.75) is 45.2 Å². The maximum Gasteiger partial charge on any atom is 0.123 e. The summed E-state index contributed by atoms with van der Waals surface area (Å²) in [6.45, 7) is 5.40. The molecule has 1 fully saturated rings. The Balaban J connectivity index is 2.37.